The number of carbonyl (C=O) groups excluding carboxylic acids is 3. The summed E-state index contributed by atoms with van der Waals surface area (Å²) in [6.45, 7) is 3.38. The maximum absolute atomic E-state index is 12.6. The van der Waals surface area contributed by atoms with Crippen molar-refractivity contribution in [3.8, 4) is 23.8 Å². The predicted octanol–water partition coefficient (Wildman–Crippen LogP) is 2.70. The number of ether oxygens (including phenoxy) is 3. The highest BCUT2D eigenvalue weighted by Gasteiger charge is 2.41. The molecule has 7 nitrogen and oxygen atoms in total. The lowest BCUT2D eigenvalue weighted by atomic mass is 10.1. The van der Waals surface area contributed by atoms with Gasteiger partial charge in [0.15, 0.2) is 11.5 Å². The zero-order valence-corrected chi connectivity index (χ0v) is 16.0. The normalized spacial score (nSPS) is 16.2. The fraction of sp³-hybridized carbons (Fsp3) is 0.316. The van der Waals surface area contributed by atoms with E-state index in [-0.39, 0.29) is 18.1 Å². The number of hydrogen-bond donors (Lipinski definition) is 0. The van der Waals surface area contributed by atoms with Gasteiger partial charge in [0.25, 0.3) is 11.1 Å². The van der Waals surface area contributed by atoms with Crippen molar-refractivity contribution in [2.45, 2.75) is 19.9 Å². The minimum atomic E-state index is -0.988. The topological polar surface area (TPSA) is 82.1 Å². The lowest BCUT2D eigenvalue weighted by Gasteiger charge is -2.19. The highest BCUT2D eigenvalue weighted by atomic mass is 32.2. The Morgan fingerprint density at radius 3 is 2.74 bits per heavy atom. The molecule has 1 aromatic carbocycles. The molecule has 1 heterocycles. The van der Waals surface area contributed by atoms with E-state index in [1.165, 1.54) is 14.0 Å². The molecule has 27 heavy (non-hydrogen) atoms. The third-order valence-corrected chi connectivity index (χ3v) is 4.52. The van der Waals surface area contributed by atoms with E-state index in [1.54, 1.807) is 31.2 Å². The number of carbonyl (C=O) groups is 3. The third-order valence-electron chi connectivity index (χ3n) is 3.64. The van der Waals surface area contributed by atoms with Crippen LogP contribution in [0.2, 0.25) is 0 Å². The van der Waals surface area contributed by atoms with Gasteiger partial charge in [-0.3, -0.25) is 14.5 Å². The predicted molar refractivity (Wildman–Crippen MR) is 101 cm³/mol. The lowest BCUT2D eigenvalue weighted by Crippen LogP contribution is -2.42. The zero-order chi connectivity index (χ0) is 20.0. The Bertz CT molecular complexity index is 826. The number of esters is 1. The monoisotopic (exact) mass is 389 g/mol. The fourth-order valence-corrected chi connectivity index (χ4v) is 3.25. The van der Waals surface area contributed by atoms with E-state index in [0.29, 0.717) is 17.1 Å². The van der Waals surface area contributed by atoms with Crippen LogP contribution in [0.1, 0.15) is 19.4 Å². The van der Waals surface area contributed by atoms with Gasteiger partial charge >= 0.3 is 5.97 Å². The van der Waals surface area contributed by atoms with Gasteiger partial charge in [-0.15, -0.1) is 6.42 Å². The second-order valence-electron chi connectivity index (χ2n) is 5.38. The quantitative estimate of drug-likeness (QED) is 0.403. The molecular formula is C19H19NO6S. The lowest BCUT2D eigenvalue weighted by molar-refractivity contribution is -0.150. The zero-order valence-electron chi connectivity index (χ0n) is 15.2. The van der Waals surface area contributed by atoms with Gasteiger partial charge in [0, 0.05) is 0 Å². The van der Waals surface area contributed by atoms with E-state index in [9.17, 15) is 14.4 Å². The molecule has 0 aromatic heterocycles. The smallest absolute Gasteiger partial charge is 0.329 e. The molecule has 1 fully saturated rings. The Balaban J connectivity index is 2.25. The van der Waals surface area contributed by atoms with Crippen LogP contribution in [0.3, 0.4) is 0 Å². The highest BCUT2D eigenvalue weighted by molar-refractivity contribution is 8.18. The fourth-order valence-electron chi connectivity index (χ4n) is 2.35. The molecular weight excluding hydrogens is 370 g/mol. The van der Waals surface area contributed by atoms with Crippen molar-refractivity contribution in [3.05, 3.63) is 28.7 Å². The van der Waals surface area contributed by atoms with Crippen molar-refractivity contribution in [1.29, 1.82) is 0 Å². The van der Waals surface area contributed by atoms with E-state index in [0.717, 1.165) is 16.7 Å². The largest absolute Gasteiger partial charge is 0.493 e. The summed E-state index contributed by atoms with van der Waals surface area (Å²) in [5, 5.41) is -0.521. The molecule has 1 aromatic rings. The van der Waals surface area contributed by atoms with Crippen LogP contribution in [-0.4, -0.2) is 48.4 Å². The molecule has 1 aliphatic heterocycles. The summed E-state index contributed by atoms with van der Waals surface area (Å²) in [6, 6.07) is 4.04. The van der Waals surface area contributed by atoms with Gasteiger partial charge in [-0.05, 0) is 49.4 Å². The number of nitrogens with zero attached hydrogens (tertiary/aromatic N) is 1. The maximum atomic E-state index is 12.6. The van der Waals surface area contributed by atoms with Crippen molar-refractivity contribution in [3.63, 3.8) is 0 Å². The number of thioether (sulfide) groups is 1. The summed E-state index contributed by atoms with van der Waals surface area (Å²) >= 11 is 0.764. The number of benzene rings is 1. The van der Waals surface area contributed by atoms with Gasteiger partial charge in [-0.2, -0.15) is 0 Å². The summed E-state index contributed by atoms with van der Waals surface area (Å²) in [6.07, 6.45) is 6.73. The average Bonchev–Trinajstić information content (AvgIpc) is 2.93. The second-order valence-corrected chi connectivity index (χ2v) is 6.38. The Hall–Kier alpha value is -2.92. The summed E-state index contributed by atoms with van der Waals surface area (Å²) in [7, 11) is 1.48. The van der Waals surface area contributed by atoms with Gasteiger partial charge in [0.1, 0.15) is 12.6 Å². The van der Waals surface area contributed by atoms with Crippen molar-refractivity contribution in [1.82, 2.24) is 4.90 Å². The summed E-state index contributed by atoms with van der Waals surface area (Å²) in [5.74, 6) is 2.11. The molecule has 2 rings (SSSR count). The number of methoxy groups -OCH3 is 1. The van der Waals surface area contributed by atoms with Crippen LogP contribution in [0, 0.1) is 12.3 Å². The SMILES string of the molecule is C#CCOc1ccc(/C=C2/SC(=O)N([C@H](C)C(=O)OCC)C2=O)cc1OC. The first kappa shape index (κ1) is 20.4. The summed E-state index contributed by atoms with van der Waals surface area (Å²) in [5.41, 5.74) is 0.634. The maximum Gasteiger partial charge on any atom is 0.329 e. The highest BCUT2D eigenvalue weighted by Crippen LogP contribution is 2.35. The van der Waals surface area contributed by atoms with Crippen LogP contribution in [-0.2, 0) is 14.3 Å². The number of imide groups is 1. The minimum absolute atomic E-state index is 0.0976. The molecule has 0 saturated carbocycles. The number of amides is 2. The molecule has 2 amide bonds. The first-order valence-electron chi connectivity index (χ1n) is 8.10. The van der Waals surface area contributed by atoms with Gasteiger partial charge in [0.05, 0.1) is 18.6 Å². The molecule has 0 N–H and O–H groups in total. The standard InChI is InChI=1S/C19H19NO6S/c1-5-9-26-14-8-7-13(10-15(14)24-4)11-16-17(21)20(19(23)27-16)12(3)18(22)25-6-2/h1,7-8,10-12H,6,9H2,2-4H3/b16-11+/t12-/m1/s1. The molecule has 1 aliphatic rings. The Kier molecular flexibility index (Phi) is 6.91. The number of rotatable bonds is 7. The van der Waals surface area contributed by atoms with Crippen LogP contribution >= 0.6 is 11.8 Å². The molecule has 142 valence electrons. The molecule has 0 bridgehead atoms. The van der Waals surface area contributed by atoms with Gasteiger partial charge in [-0.25, -0.2) is 4.79 Å². The first-order valence-corrected chi connectivity index (χ1v) is 8.92. The second kappa shape index (κ2) is 9.14. The van der Waals surface area contributed by atoms with Gasteiger partial charge in [-0.1, -0.05) is 12.0 Å². The van der Waals surface area contributed by atoms with Gasteiger partial charge in [0.2, 0.25) is 0 Å². The van der Waals surface area contributed by atoms with Crippen molar-refractivity contribution < 1.29 is 28.6 Å². The van der Waals surface area contributed by atoms with E-state index in [1.807, 2.05) is 0 Å². The molecule has 0 unspecified atom stereocenters. The van der Waals surface area contributed by atoms with Crippen LogP contribution in [0.5, 0.6) is 11.5 Å². The van der Waals surface area contributed by atoms with Crippen LogP contribution in [0.25, 0.3) is 6.08 Å². The molecule has 0 aliphatic carbocycles. The first-order chi connectivity index (χ1) is 12.9. The molecule has 8 heteroatoms. The Labute approximate surface area is 161 Å². The van der Waals surface area contributed by atoms with Crippen molar-refractivity contribution >= 4 is 35.0 Å². The summed E-state index contributed by atoms with van der Waals surface area (Å²) in [4.78, 5) is 37.7. The van der Waals surface area contributed by atoms with E-state index in [2.05, 4.69) is 5.92 Å². The van der Waals surface area contributed by atoms with Gasteiger partial charge < -0.3 is 14.2 Å². The van der Waals surface area contributed by atoms with E-state index in [4.69, 9.17) is 20.6 Å². The Morgan fingerprint density at radius 2 is 2.11 bits per heavy atom. The van der Waals surface area contributed by atoms with Crippen molar-refractivity contribution in [2.75, 3.05) is 20.3 Å². The molecule has 1 atom stereocenters. The van der Waals surface area contributed by atoms with Crippen LogP contribution in [0.15, 0.2) is 23.1 Å². The molecule has 0 radical (unpaired) electrons. The van der Waals surface area contributed by atoms with E-state index < -0.39 is 23.2 Å². The molecule has 1 saturated heterocycles. The van der Waals surface area contributed by atoms with Crippen LogP contribution in [0.4, 0.5) is 4.79 Å². The average molecular weight is 389 g/mol. The number of terminal acetylenes is 1. The third kappa shape index (κ3) is 4.63. The number of hydrogen-bond acceptors (Lipinski definition) is 7. The minimum Gasteiger partial charge on any atom is -0.493 e. The molecule has 0 spiro atoms. The van der Waals surface area contributed by atoms with E-state index >= 15 is 0 Å². The van der Waals surface area contributed by atoms with Crippen molar-refractivity contribution in [2.24, 2.45) is 0 Å². The Morgan fingerprint density at radius 1 is 1.37 bits per heavy atom. The summed E-state index contributed by atoms with van der Waals surface area (Å²) < 4.78 is 15.5. The van der Waals surface area contributed by atoms with Crippen LogP contribution < -0.4 is 9.47 Å².